The first-order valence-electron chi connectivity index (χ1n) is 10.4. The second-order valence-corrected chi connectivity index (χ2v) is 8.66. The summed E-state index contributed by atoms with van der Waals surface area (Å²) in [5.74, 6) is 0.383. The molecule has 0 aromatic carbocycles. The molecule has 2 aromatic heterocycles. The van der Waals surface area contributed by atoms with E-state index in [9.17, 15) is 23.7 Å². The number of alkyl halides is 2. The van der Waals surface area contributed by atoms with Crippen molar-refractivity contribution in [3.05, 3.63) is 46.3 Å². The van der Waals surface area contributed by atoms with Crippen molar-refractivity contribution in [1.29, 1.82) is 0 Å². The molecule has 3 heterocycles. The normalized spacial score (nSPS) is 16.6. The van der Waals surface area contributed by atoms with Crippen molar-refractivity contribution in [3.63, 3.8) is 0 Å². The Morgan fingerprint density at radius 2 is 2.03 bits per heavy atom. The van der Waals surface area contributed by atoms with Gasteiger partial charge in [-0.3, -0.25) is 15.1 Å². The number of nitrogens with zero attached hydrogens (tertiary/aromatic N) is 5. The molecule has 0 spiro atoms. The molecule has 33 heavy (non-hydrogen) atoms. The van der Waals surface area contributed by atoms with Gasteiger partial charge in [-0.2, -0.15) is 0 Å². The number of nitro groups is 1. The van der Waals surface area contributed by atoms with E-state index in [0.717, 1.165) is 6.07 Å². The van der Waals surface area contributed by atoms with Crippen molar-refractivity contribution in [1.82, 2.24) is 14.9 Å². The molecule has 1 amide bonds. The van der Waals surface area contributed by atoms with Crippen LogP contribution in [0.3, 0.4) is 0 Å². The highest BCUT2D eigenvalue weighted by atomic mass is 19.3. The number of ether oxygens (including phenoxy) is 1. The van der Waals surface area contributed by atoms with Crippen LogP contribution in [-0.2, 0) is 4.74 Å². The van der Waals surface area contributed by atoms with E-state index in [1.54, 1.807) is 25.7 Å². The molecule has 3 rings (SSSR count). The van der Waals surface area contributed by atoms with Gasteiger partial charge in [0.25, 0.3) is 6.43 Å². The van der Waals surface area contributed by atoms with E-state index in [4.69, 9.17) is 4.74 Å². The van der Waals surface area contributed by atoms with Gasteiger partial charge < -0.3 is 19.9 Å². The van der Waals surface area contributed by atoms with E-state index < -0.39 is 28.7 Å². The Hall–Kier alpha value is -3.57. The van der Waals surface area contributed by atoms with Crippen LogP contribution in [0, 0.1) is 10.1 Å². The zero-order valence-corrected chi connectivity index (χ0v) is 18.8. The monoisotopic (exact) mass is 464 g/mol. The number of piperazine rings is 1. The molecule has 0 saturated carbocycles. The molecular weight excluding hydrogens is 438 g/mol. The molecule has 1 aliphatic heterocycles. The molecule has 1 N–H and O–H groups in total. The maximum Gasteiger partial charge on any atom is 0.410 e. The zero-order chi connectivity index (χ0) is 24.3. The Kier molecular flexibility index (Phi) is 6.94. The minimum Gasteiger partial charge on any atom is -0.444 e. The van der Waals surface area contributed by atoms with Crippen LogP contribution in [0.25, 0.3) is 0 Å². The zero-order valence-electron chi connectivity index (χ0n) is 18.8. The van der Waals surface area contributed by atoms with E-state index in [2.05, 4.69) is 15.3 Å². The lowest BCUT2D eigenvalue weighted by Crippen LogP contribution is -2.54. The van der Waals surface area contributed by atoms with Crippen molar-refractivity contribution < 1.29 is 23.2 Å². The molecule has 1 aliphatic rings. The molecule has 1 atom stereocenters. The summed E-state index contributed by atoms with van der Waals surface area (Å²) >= 11 is 0. The van der Waals surface area contributed by atoms with Gasteiger partial charge in [0.2, 0.25) is 5.82 Å². The third-order valence-electron chi connectivity index (χ3n) is 4.90. The summed E-state index contributed by atoms with van der Waals surface area (Å²) in [6.45, 7) is 8.52. The van der Waals surface area contributed by atoms with Crippen LogP contribution in [0.1, 0.15) is 39.8 Å². The second kappa shape index (κ2) is 9.51. The fourth-order valence-corrected chi connectivity index (χ4v) is 3.41. The Labute approximate surface area is 189 Å². The fraction of sp³-hybridized carbons (Fsp3) is 0.476. The summed E-state index contributed by atoms with van der Waals surface area (Å²) < 4.78 is 31.4. The van der Waals surface area contributed by atoms with Gasteiger partial charge in [0.1, 0.15) is 17.1 Å². The lowest BCUT2D eigenvalue weighted by Gasteiger charge is -2.40. The van der Waals surface area contributed by atoms with Crippen LogP contribution in [-0.4, -0.2) is 57.2 Å². The fourth-order valence-electron chi connectivity index (χ4n) is 3.41. The summed E-state index contributed by atoms with van der Waals surface area (Å²) in [6, 6.07) is 5.24. The highest BCUT2D eigenvalue weighted by Gasteiger charge is 2.31. The van der Waals surface area contributed by atoms with Crippen LogP contribution >= 0.6 is 0 Å². The van der Waals surface area contributed by atoms with Gasteiger partial charge in [0.05, 0.1) is 4.92 Å². The molecule has 0 aliphatic carbocycles. The number of hydrogen-bond acceptors (Lipinski definition) is 8. The van der Waals surface area contributed by atoms with Gasteiger partial charge in [-0.25, -0.2) is 18.6 Å². The Balaban J connectivity index is 1.81. The first-order chi connectivity index (χ1) is 15.4. The number of rotatable bonds is 5. The van der Waals surface area contributed by atoms with Crippen LogP contribution < -0.4 is 10.2 Å². The smallest absolute Gasteiger partial charge is 0.410 e. The van der Waals surface area contributed by atoms with Crippen LogP contribution in [0.4, 0.5) is 36.6 Å². The summed E-state index contributed by atoms with van der Waals surface area (Å²) in [6.07, 6.45) is -1.99. The number of nitrogens with one attached hydrogen (secondary N) is 1. The maximum absolute atomic E-state index is 13.0. The van der Waals surface area contributed by atoms with Gasteiger partial charge in [-0.1, -0.05) is 0 Å². The van der Waals surface area contributed by atoms with Gasteiger partial charge in [-0.05, 0) is 45.9 Å². The number of aromatic nitrogens is 2. The lowest BCUT2D eigenvalue weighted by atomic mass is 10.2. The van der Waals surface area contributed by atoms with Crippen LogP contribution in [0.5, 0.6) is 0 Å². The minimum absolute atomic E-state index is 0.0781. The molecule has 0 unspecified atom stereocenters. The molecule has 0 radical (unpaired) electrons. The molecule has 1 fully saturated rings. The Morgan fingerprint density at radius 3 is 2.64 bits per heavy atom. The van der Waals surface area contributed by atoms with Crippen molar-refractivity contribution in [2.75, 3.05) is 29.9 Å². The molecule has 1 saturated heterocycles. The summed E-state index contributed by atoms with van der Waals surface area (Å²) in [4.78, 5) is 34.8. The van der Waals surface area contributed by atoms with Crippen molar-refractivity contribution in [3.8, 4) is 0 Å². The number of pyridine rings is 2. The van der Waals surface area contributed by atoms with Crippen molar-refractivity contribution in [2.24, 2.45) is 0 Å². The second-order valence-electron chi connectivity index (χ2n) is 8.66. The number of amides is 1. The third-order valence-corrected chi connectivity index (χ3v) is 4.90. The van der Waals surface area contributed by atoms with Gasteiger partial charge in [0.15, 0.2) is 0 Å². The molecule has 12 heteroatoms. The van der Waals surface area contributed by atoms with Gasteiger partial charge >= 0.3 is 11.8 Å². The Morgan fingerprint density at radius 1 is 1.30 bits per heavy atom. The third kappa shape index (κ3) is 6.02. The molecule has 2 aromatic rings. The van der Waals surface area contributed by atoms with E-state index in [1.807, 2.05) is 11.8 Å². The molecular formula is C21H26F2N6O4. The molecule has 0 bridgehead atoms. The number of carbonyl (C=O) groups is 1. The SMILES string of the molecule is C[C@@H]1CN(C(=O)OC(C)(C)C)CCN1c1ccc([N+](=O)[O-])c(Nc2ccnc(C(F)F)c2)n1. The topological polar surface area (TPSA) is 114 Å². The standard InChI is InChI=1S/C21H26F2N6O4/c1-13-12-27(20(30)33-21(2,3)4)9-10-28(13)17-6-5-16(29(31)32)19(26-17)25-14-7-8-24-15(11-14)18(22)23/h5-8,11,13,18H,9-10,12H2,1-4H3,(H,24,25,26)/t13-/m1/s1. The number of anilines is 3. The average molecular weight is 464 g/mol. The van der Waals surface area contributed by atoms with Gasteiger partial charge in [-0.15, -0.1) is 0 Å². The highest BCUT2D eigenvalue weighted by molar-refractivity contribution is 5.70. The molecule has 10 nitrogen and oxygen atoms in total. The first kappa shape index (κ1) is 24.1. The first-order valence-corrected chi connectivity index (χ1v) is 10.4. The minimum atomic E-state index is -2.77. The maximum atomic E-state index is 13.0. The van der Waals surface area contributed by atoms with Crippen LogP contribution in [0.15, 0.2) is 30.5 Å². The van der Waals surface area contributed by atoms with E-state index >= 15 is 0 Å². The van der Waals surface area contributed by atoms with E-state index in [-0.39, 0.29) is 23.2 Å². The van der Waals surface area contributed by atoms with Crippen LogP contribution in [0.2, 0.25) is 0 Å². The predicted octanol–water partition coefficient (Wildman–Crippen LogP) is 4.51. The Bertz CT molecular complexity index is 1030. The quantitative estimate of drug-likeness (QED) is 0.508. The number of halogens is 2. The molecule has 178 valence electrons. The van der Waals surface area contributed by atoms with E-state index in [0.29, 0.717) is 25.5 Å². The summed E-state index contributed by atoms with van der Waals surface area (Å²) in [5.41, 5.74) is -1.15. The predicted molar refractivity (Wildman–Crippen MR) is 118 cm³/mol. The average Bonchev–Trinajstić information content (AvgIpc) is 2.72. The number of carbonyl (C=O) groups excluding carboxylic acids is 1. The largest absolute Gasteiger partial charge is 0.444 e. The van der Waals surface area contributed by atoms with Gasteiger partial charge in [0, 0.05) is 43.6 Å². The number of hydrogen-bond donors (Lipinski definition) is 1. The van der Waals surface area contributed by atoms with E-state index in [1.165, 1.54) is 24.4 Å². The van der Waals surface area contributed by atoms with Crippen molar-refractivity contribution >= 4 is 29.1 Å². The summed E-state index contributed by atoms with van der Waals surface area (Å²) in [7, 11) is 0. The highest BCUT2D eigenvalue weighted by Crippen LogP contribution is 2.31. The van der Waals surface area contributed by atoms with Crippen molar-refractivity contribution in [2.45, 2.75) is 45.8 Å². The summed E-state index contributed by atoms with van der Waals surface area (Å²) in [5, 5.41) is 14.3. The lowest BCUT2D eigenvalue weighted by molar-refractivity contribution is -0.384.